The van der Waals surface area contributed by atoms with Gasteiger partial charge in [0.05, 0.1) is 19.3 Å². The zero-order chi connectivity index (χ0) is 21.1. The van der Waals surface area contributed by atoms with E-state index in [-0.39, 0.29) is 12.0 Å². The molecule has 1 heterocycles. The summed E-state index contributed by atoms with van der Waals surface area (Å²) in [7, 11) is 0. The van der Waals surface area contributed by atoms with Crippen molar-refractivity contribution in [1.29, 1.82) is 0 Å². The van der Waals surface area contributed by atoms with E-state index in [1.165, 1.54) is 0 Å². The van der Waals surface area contributed by atoms with Gasteiger partial charge in [-0.2, -0.15) is 0 Å². The SMILES string of the molecule is CCNC(=NCC1CN(CC(C)C)CCO1)NCCNC(=O)c1ccc(Cl)cc1. The van der Waals surface area contributed by atoms with Crippen LogP contribution in [0.4, 0.5) is 0 Å². The van der Waals surface area contributed by atoms with E-state index >= 15 is 0 Å². The first-order valence-electron chi connectivity index (χ1n) is 10.4. The summed E-state index contributed by atoms with van der Waals surface area (Å²) in [6.07, 6.45) is 0.113. The Morgan fingerprint density at radius 1 is 1.24 bits per heavy atom. The molecule has 0 radical (unpaired) electrons. The van der Waals surface area contributed by atoms with Gasteiger partial charge in [-0.1, -0.05) is 25.4 Å². The molecule has 0 bridgehead atoms. The predicted molar refractivity (Wildman–Crippen MR) is 119 cm³/mol. The number of guanidine groups is 1. The lowest BCUT2D eigenvalue weighted by atomic mass is 10.2. The normalized spacial score (nSPS) is 18.0. The van der Waals surface area contributed by atoms with Crippen LogP contribution in [0, 0.1) is 5.92 Å². The molecule has 1 amide bonds. The van der Waals surface area contributed by atoms with Crippen LogP contribution < -0.4 is 16.0 Å². The van der Waals surface area contributed by atoms with E-state index in [9.17, 15) is 4.79 Å². The van der Waals surface area contributed by atoms with Crippen molar-refractivity contribution >= 4 is 23.5 Å². The molecule has 162 valence electrons. The van der Waals surface area contributed by atoms with Gasteiger partial charge in [0, 0.05) is 49.9 Å². The average molecular weight is 424 g/mol. The molecule has 0 saturated carbocycles. The molecule has 1 fully saturated rings. The molecule has 2 rings (SSSR count). The first kappa shape index (κ1) is 23.4. The lowest BCUT2D eigenvalue weighted by Crippen LogP contribution is -2.46. The van der Waals surface area contributed by atoms with Crippen molar-refractivity contribution in [3.63, 3.8) is 0 Å². The molecule has 0 spiro atoms. The molecule has 0 aromatic heterocycles. The van der Waals surface area contributed by atoms with Crippen LogP contribution in [0.25, 0.3) is 0 Å². The molecule has 8 heteroatoms. The summed E-state index contributed by atoms with van der Waals surface area (Å²) in [5, 5.41) is 9.99. The number of rotatable bonds is 9. The van der Waals surface area contributed by atoms with Crippen LogP contribution in [0.3, 0.4) is 0 Å². The first-order valence-corrected chi connectivity index (χ1v) is 10.8. The van der Waals surface area contributed by atoms with Gasteiger partial charge in [-0.05, 0) is 37.1 Å². The third-order valence-corrected chi connectivity index (χ3v) is 4.70. The van der Waals surface area contributed by atoms with Gasteiger partial charge in [-0.3, -0.25) is 14.7 Å². The molecule has 1 unspecified atom stereocenters. The van der Waals surface area contributed by atoms with Crippen molar-refractivity contribution in [2.45, 2.75) is 26.9 Å². The van der Waals surface area contributed by atoms with E-state index in [1.807, 2.05) is 6.92 Å². The van der Waals surface area contributed by atoms with Gasteiger partial charge in [0.1, 0.15) is 0 Å². The number of nitrogens with zero attached hydrogens (tertiary/aromatic N) is 2. The van der Waals surface area contributed by atoms with Crippen molar-refractivity contribution < 1.29 is 9.53 Å². The summed E-state index contributed by atoms with van der Waals surface area (Å²) >= 11 is 5.85. The van der Waals surface area contributed by atoms with Crippen LogP contribution in [0.5, 0.6) is 0 Å². The lowest BCUT2D eigenvalue weighted by Gasteiger charge is -2.33. The molecule has 1 aromatic carbocycles. The molecular weight excluding hydrogens is 390 g/mol. The fourth-order valence-electron chi connectivity index (χ4n) is 3.17. The van der Waals surface area contributed by atoms with Crippen LogP contribution in [0.2, 0.25) is 5.02 Å². The number of halogens is 1. The Balaban J connectivity index is 1.74. The predicted octanol–water partition coefficient (Wildman–Crippen LogP) is 1.98. The highest BCUT2D eigenvalue weighted by atomic mass is 35.5. The highest BCUT2D eigenvalue weighted by Crippen LogP contribution is 2.09. The van der Waals surface area contributed by atoms with E-state index < -0.39 is 0 Å². The second-order valence-corrected chi connectivity index (χ2v) is 7.99. The quantitative estimate of drug-likeness (QED) is 0.321. The number of hydrogen-bond donors (Lipinski definition) is 3. The van der Waals surface area contributed by atoms with Crippen molar-refractivity contribution in [2.75, 3.05) is 52.4 Å². The van der Waals surface area contributed by atoms with E-state index in [0.29, 0.717) is 36.1 Å². The summed E-state index contributed by atoms with van der Waals surface area (Å²) in [5.41, 5.74) is 0.593. The molecule has 1 atom stereocenters. The Labute approximate surface area is 179 Å². The Morgan fingerprint density at radius 3 is 2.66 bits per heavy atom. The minimum atomic E-state index is -0.119. The molecule has 1 aliphatic heterocycles. The molecule has 1 aromatic rings. The Morgan fingerprint density at radius 2 is 1.97 bits per heavy atom. The molecule has 0 aliphatic carbocycles. The number of nitrogens with one attached hydrogen (secondary N) is 3. The number of morpholine rings is 1. The van der Waals surface area contributed by atoms with Crippen molar-refractivity contribution in [3.8, 4) is 0 Å². The van der Waals surface area contributed by atoms with E-state index in [0.717, 1.165) is 38.7 Å². The molecule has 29 heavy (non-hydrogen) atoms. The molecule has 1 aliphatic rings. The van der Waals surface area contributed by atoms with Crippen molar-refractivity contribution in [3.05, 3.63) is 34.9 Å². The van der Waals surface area contributed by atoms with Crippen LogP contribution >= 0.6 is 11.6 Å². The number of carbonyl (C=O) groups is 1. The molecule has 1 saturated heterocycles. The van der Waals surface area contributed by atoms with Crippen molar-refractivity contribution in [1.82, 2.24) is 20.9 Å². The summed E-state index contributed by atoms with van der Waals surface area (Å²) in [4.78, 5) is 19.2. The second-order valence-electron chi connectivity index (χ2n) is 7.56. The third-order valence-electron chi connectivity index (χ3n) is 4.45. The van der Waals surface area contributed by atoms with Gasteiger partial charge >= 0.3 is 0 Å². The number of hydrogen-bond acceptors (Lipinski definition) is 4. The summed E-state index contributed by atoms with van der Waals surface area (Å²) < 4.78 is 5.86. The van der Waals surface area contributed by atoms with Gasteiger partial charge in [-0.25, -0.2) is 0 Å². The minimum absolute atomic E-state index is 0.113. The van der Waals surface area contributed by atoms with Gasteiger partial charge in [0.25, 0.3) is 5.91 Å². The minimum Gasteiger partial charge on any atom is -0.374 e. The Hall–Kier alpha value is -1.83. The van der Waals surface area contributed by atoms with Crippen LogP contribution in [0.1, 0.15) is 31.1 Å². The average Bonchev–Trinajstić information content (AvgIpc) is 2.69. The highest BCUT2D eigenvalue weighted by molar-refractivity contribution is 6.30. The smallest absolute Gasteiger partial charge is 0.251 e. The lowest BCUT2D eigenvalue weighted by molar-refractivity contribution is -0.0261. The number of amides is 1. The Bertz CT molecular complexity index is 651. The standard InChI is InChI=1S/C21H34ClN5O2/c1-4-23-21(26-13-19-15-27(11-12-29-19)14-16(2)3)25-10-9-24-20(28)17-5-7-18(22)8-6-17/h5-8,16,19H,4,9-15H2,1-3H3,(H,24,28)(H2,23,25,26). The maximum Gasteiger partial charge on any atom is 0.251 e. The maximum absolute atomic E-state index is 12.1. The number of aliphatic imine (C=N–C) groups is 1. The van der Waals surface area contributed by atoms with Crippen LogP contribution in [-0.2, 0) is 4.74 Å². The van der Waals surface area contributed by atoms with E-state index in [2.05, 4.69) is 39.7 Å². The molecular formula is C21H34ClN5O2. The third kappa shape index (κ3) is 9.02. The summed E-state index contributed by atoms with van der Waals surface area (Å²) in [5.74, 6) is 1.27. The first-order chi connectivity index (χ1) is 14.0. The number of carbonyl (C=O) groups excluding carboxylic acids is 1. The zero-order valence-corrected chi connectivity index (χ0v) is 18.5. The molecule has 7 nitrogen and oxygen atoms in total. The van der Waals surface area contributed by atoms with Crippen LogP contribution in [-0.4, -0.2) is 75.3 Å². The topological polar surface area (TPSA) is 78.0 Å². The highest BCUT2D eigenvalue weighted by Gasteiger charge is 2.20. The zero-order valence-electron chi connectivity index (χ0n) is 17.7. The van der Waals surface area contributed by atoms with Gasteiger partial charge in [-0.15, -0.1) is 0 Å². The monoisotopic (exact) mass is 423 g/mol. The van der Waals surface area contributed by atoms with Crippen molar-refractivity contribution in [2.24, 2.45) is 10.9 Å². The van der Waals surface area contributed by atoms with E-state index in [4.69, 9.17) is 16.3 Å². The fraction of sp³-hybridized carbons (Fsp3) is 0.619. The second kappa shape index (κ2) is 12.7. The largest absolute Gasteiger partial charge is 0.374 e. The number of benzene rings is 1. The van der Waals surface area contributed by atoms with Crippen LogP contribution in [0.15, 0.2) is 29.3 Å². The molecule has 3 N–H and O–H groups in total. The summed E-state index contributed by atoms with van der Waals surface area (Å²) in [6, 6.07) is 6.84. The van der Waals surface area contributed by atoms with Gasteiger partial charge < -0.3 is 20.7 Å². The Kier molecular flexibility index (Phi) is 10.2. The van der Waals surface area contributed by atoms with Gasteiger partial charge in [0.2, 0.25) is 0 Å². The van der Waals surface area contributed by atoms with Gasteiger partial charge in [0.15, 0.2) is 5.96 Å². The van der Waals surface area contributed by atoms with E-state index in [1.54, 1.807) is 24.3 Å². The summed E-state index contributed by atoms with van der Waals surface area (Å²) in [6.45, 7) is 12.7. The number of ether oxygens (including phenoxy) is 1. The maximum atomic E-state index is 12.1. The fourth-order valence-corrected chi connectivity index (χ4v) is 3.29.